The molecule has 0 aliphatic rings. The first-order valence-corrected chi connectivity index (χ1v) is 6.79. The van der Waals surface area contributed by atoms with Gasteiger partial charge < -0.3 is 15.8 Å². The molecule has 0 unspecified atom stereocenters. The summed E-state index contributed by atoms with van der Waals surface area (Å²) in [7, 11) is 1.60. The number of nitrogen functional groups attached to an aromatic ring is 1. The highest BCUT2D eigenvalue weighted by molar-refractivity contribution is 5.94. The van der Waals surface area contributed by atoms with Crippen LogP contribution in [0.2, 0.25) is 0 Å². The van der Waals surface area contributed by atoms with Gasteiger partial charge in [0.15, 0.2) is 0 Å². The van der Waals surface area contributed by atoms with Crippen molar-refractivity contribution in [3.63, 3.8) is 0 Å². The predicted molar refractivity (Wildman–Crippen MR) is 85.7 cm³/mol. The number of ether oxygens (including phenoxy) is 1. The van der Waals surface area contributed by atoms with Gasteiger partial charge in [-0.1, -0.05) is 24.3 Å². The van der Waals surface area contributed by atoms with Crippen LogP contribution in [0.15, 0.2) is 36.4 Å². The van der Waals surface area contributed by atoms with Gasteiger partial charge in [-0.15, -0.1) is 0 Å². The molecule has 2 aromatic rings. The Bertz CT molecular complexity index is 666. The summed E-state index contributed by atoms with van der Waals surface area (Å²) in [5, 5.41) is 2.90. The molecule has 0 bridgehead atoms. The first-order chi connectivity index (χ1) is 10.0. The van der Waals surface area contributed by atoms with Crippen molar-refractivity contribution in [1.82, 2.24) is 0 Å². The summed E-state index contributed by atoms with van der Waals surface area (Å²) >= 11 is 0. The zero-order valence-corrected chi connectivity index (χ0v) is 12.6. The van der Waals surface area contributed by atoms with Crippen molar-refractivity contribution in [3.8, 4) is 5.75 Å². The van der Waals surface area contributed by atoms with E-state index in [1.54, 1.807) is 13.2 Å². The molecule has 3 N–H and O–H groups in total. The number of hydrogen-bond donors (Lipinski definition) is 2. The fourth-order valence-corrected chi connectivity index (χ4v) is 2.22. The molecule has 0 aliphatic carbocycles. The van der Waals surface area contributed by atoms with Crippen molar-refractivity contribution >= 4 is 17.3 Å². The van der Waals surface area contributed by atoms with E-state index >= 15 is 0 Å². The number of carbonyl (C=O) groups is 1. The van der Waals surface area contributed by atoms with Crippen molar-refractivity contribution in [2.45, 2.75) is 20.3 Å². The van der Waals surface area contributed by atoms with Crippen LogP contribution in [0.5, 0.6) is 5.75 Å². The van der Waals surface area contributed by atoms with Gasteiger partial charge in [-0.2, -0.15) is 0 Å². The van der Waals surface area contributed by atoms with E-state index in [9.17, 15) is 4.79 Å². The van der Waals surface area contributed by atoms with Crippen LogP contribution in [-0.4, -0.2) is 13.0 Å². The molecule has 0 aliphatic heterocycles. The van der Waals surface area contributed by atoms with Crippen LogP contribution >= 0.6 is 0 Å². The lowest BCUT2D eigenvalue weighted by Crippen LogP contribution is -2.16. The molecular formula is C17H20N2O2. The fraction of sp³-hybridized carbons (Fsp3) is 0.235. The number of methoxy groups -OCH3 is 1. The lowest BCUT2D eigenvalue weighted by atomic mass is 10.1. The number of nitrogens with one attached hydrogen (secondary N) is 1. The number of benzene rings is 2. The summed E-state index contributed by atoms with van der Waals surface area (Å²) in [6, 6.07) is 11.3. The van der Waals surface area contributed by atoms with Crippen LogP contribution in [0.4, 0.5) is 11.4 Å². The summed E-state index contributed by atoms with van der Waals surface area (Å²) in [4.78, 5) is 12.2. The van der Waals surface area contributed by atoms with Crippen LogP contribution in [-0.2, 0) is 11.2 Å². The average molecular weight is 284 g/mol. The summed E-state index contributed by atoms with van der Waals surface area (Å²) in [5.74, 6) is 0.624. The SMILES string of the molecule is COc1ccccc1CC(=O)Nc1cc(N)c(C)cc1C. The molecule has 2 aromatic carbocycles. The molecule has 4 nitrogen and oxygen atoms in total. The summed E-state index contributed by atoms with van der Waals surface area (Å²) < 4.78 is 5.25. The molecule has 1 amide bonds. The van der Waals surface area contributed by atoms with Gasteiger partial charge in [-0.25, -0.2) is 0 Å². The zero-order chi connectivity index (χ0) is 15.4. The van der Waals surface area contributed by atoms with Crippen molar-refractivity contribution in [2.24, 2.45) is 0 Å². The number of hydrogen-bond acceptors (Lipinski definition) is 3. The second-order valence-electron chi connectivity index (χ2n) is 5.06. The first-order valence-electron chi connectivity index (χ1n) is 6.79. The summed E-state index contributed by atoms with van der Waals surface area (Å²) in [6.07, 6.45) is 0.261. The zero-order valence-electron chi connectivity index (χ0n) is 12.6. The van der Waals surface area contributed by atoms with Gasteiger partial charge in [-0.05, 0) is 37.1 Å². The Hall–Kier alpha value is -2.49. The summed E-state index contributed by atoms with van der Waals surface area (Å²) in [6.45, 7) is 3.90. The number of rotatable bonds is 4. The van der Waals surface area contributed by atoms with E-state index in [-0.39, 0.29) is 12.3 Å². The number of amides is 1. The van der Waals surface area contributed by atoms with E-state index < -0.39 is 0 Å². The number of para-hydroxylation sites is 1. The molecule has 4 heteroatoms. The Balaban J connectivity index is 2.14. The smallest absolute Gasteiger partial charge is 0.228 e. The summed E-state index contributed by atoms with van der Waals surface area (Å²) in [5.41, 5.74) is 10.2. The maximum atomic E-state index is 12.2. The van der Waals surface area contributed by atoms with Gasteiger partial charge in [0.1, 0.15) is 5.75 Å². The van der Waals surface area contributed by atoms with Gasteiger partial charge in [0, 0.05) is 16.9 Å². The number of anilines is 2. The molecule has 0 saturated carbocycles. The molecular weight excluding hydrogens is 264 g/mol. The molecule has 0 atom stereocenters. The van der Waals surface area contributed by atoms with E-state index in [2.05, 4.69) is 5.32 Å². The first kappa shape index (κ1) is 14.9. The molecule has 0 aromatic heterocycles. The van der Waals surface area contributed by atoms with Crippen molar-refractivity contribution in [1.29, 1.82) is 0 Å². The van der Waals surface area contributed by atoms with Crippen LogP contribution in [0.3, 0.4) is 0 Å². The lowest BCUT2D eigenvalue weighted by molar-refractivity contribution is -0.115. The van der Waals surface area contributed by atoms with E-state index in [4.69, 9.17) is 10.5 Å². The highest BCUT2D eigenvalue weighted by atomic mass is 16.5. The number of aryl methyl sites for hydroxylation is 2. The highest BCUT2D eigenvalue weighted by Gasteiger charge is 2.10. The third-order valence-corrected chi connectivity index (χ3v) is 3.43. The Morgan fingerprint density at radius 3 is 2.62 bits per heavy atom. The molecule has 0 spiro atoms. The molecule has 0 heterocycles. The van der Waals surface area contributed by atoms with Crippen molar-refractivity contribution < 1.29 is 9.53 Å². The Morgan fingerprint density at radius 1 is 1.19 bits per heavy atom. The van der Waals surface area contributed by atoms with Gasteiger partial charge in [0.25, 0.3) is 0 Å². The quantitative estimate of drug-likeness (QED) is 0.848. The van der Waals surface area contributed by atoms with Crippen LogP contribution < -0.4 is 15.8 Å². The maximum Gasteiger partial charge on any atom is 0.228 e. The third kappa shape index (κ3) is 3.54. The minimum absolute atomic E-state index is 0.0918. The average Bonchev–Trinajstić information content (AvgIpc) is 2.45. The second-order valence-corrected chi connectivity index (χ2v) is 5.06. The minimum atomic E-state index is -0.0918. The molecule has 110 valence electrons. The third-order valence-electron chi connectivity index (χ3n) is 3.43. The van der Waals surface area contributed by atoms with Crippen LogP contribution in [0.25, 0.3) is 0 Å². The fourth-order valence-electron chi connectivity index (χ4n) is 2.22. The second kappa shape index (κ2) is 6.31. The lowest BCUT2D eigenvalue weighted by Gasteiger charge is -2.12. The maximum absolute atomic E-state index is 12.2. The Labute approximate surface area is 124 Å². The van der Waals surface area contributed by atoms with Gasteiger partial charge in [-0.3, -0.25) is 4.79 Å². The van der Waals surface area contributed by atoms with Crippen LogP contribution in [0.1, 0.15) is 16.7 Å². The van der Waals surface area contributed by atoms with E-state index in [1.807, 2.05) is 44.2 Å². The Kier molecular flexibility index (Phi) is 4.48. The largest absolute Gasteiger partial charge is 0.496 e. The number of carbonyl (C=O) groups excluding carboxylic acids is 1. The normalized spacial score (nSPS) is 10.2. The Morgan fingerprint density at radius 2 is 1.90 bits per heavy atom. The van der Waals surface area contributed by atoms with E-state index in [0.29, 0.717) is 11.4 Å². The van der Waals surface area contributed by atoms with Gasteiger partial charge in [0.2, 0.25) is 5.91 Å². The standard InChI is InChI=1S/C17H20N2O2/c1-11-8-12(2)15(10-14(11)18)19-17(20)9-13-6-4-5-7-16(13)21-3/h4-8,10H,9,18H2,1-3H3,(H,19,20). The predicted octanol–water partition coefficient (Wildman–Crippen LogP) is 3.08. The minimum Gasteiger partial charge on any atom is -0.496 e. The van der Waals surface area contributed by atoms with Gasteiger partial charge in [0.05, 0.1) is 13.5 Å². The van der Waals surface area contributed by atoms with Gasteiger partial charge >= 0.3 is 0 Å². The molecule has 2 rings (SSSR count). The highest BCUT2D eigenvalue weighted by Crippen LogP contribution is 2.23. The topological polar surface area (TPSA) is 64.3 Å². The van der Waals surface area contributed by atoms with E-state index in [1.165, 1.54) is 0 Å². The molecule has 0 radical (unpaired) electrons. The van der Waals surface area contributed by atoms with Crippen molar-refractivity contribution in [3.05, 3.63) is 53.1 Å². The van der Waals surface area contributed by atoms with Crippen molar-refractivity contribution in [2.75, 3.05) is 18.2 Å². The molecule has 0 fully saturated rings. The van der Waals surface area contributed by atoms with Crippen LogP contribution in [0, 0.1) is 13.8 Å². The molecule has 0 saturated heterocycles. The molecule has 21 heavy (non-hydrogen) atoms. The van der Waals surface area contributed by atoms with E-state index in [0.717, 1.165) is 22.4 Å². The number of nitrogens with two attached hydrogens (primary N) is 1. The monoisotopic (exact) mass is 284 g/mol.